The van der Waals surface area contributed by atoms with Crippen LogP contribution in [0.25, 0.3) is 0 Å². The Morgan fingerprint density at radius 1 is 1.08 bits per heavy atom. The van der Waals surface area contributed by atoms with Crippen molar-refractivity contribution in [1.29, 1.82) is 5.41 Å². The van der Waals surface area contributed by atoms with Gasteiger partial charge in [-0.05, 0) is 61.9 Å². The predicted octanol–water partition coefficient (Wildman–Crippen LogP) is 3.38. The third-order valence-corrected chi connectivity index (χ3v) is 5.12. The number of anilines is 1. The Balaban J connectivity index is 2.37. The van der Waals surface area contributed by atoms with Crippen LogP contribution in [0, 0.1) is 5.41 Å². The summed E-state index contributed by atoms with van der Waals surface area (Å²) in [6.45, 7) is 8.36. The number of benzene rings is 2. The molecule has 202 valence electrons. The van der Waals surface area contributed by atoms with E-state index in [1.807, 2.05) is 6.92 Å². The van der Waals surface area contributed by atoms with Gasteiger partial charge in [-0.3, -0.25) is 25.8 Å². The number of allylic oxidation sites excluding steroid dienone is 3. The molecule has 1 unspecified atom stereocenters. The molecule has 0 bridgehead atoms. The normalized spacial score (nSPS) is 11.9. The van der Waals surface area contributed by atoms with E-state index in [0.29, 0.717) is 53.7 Å². The quantitative estimate of drug-likeness (QED) is 0.0639. The van der Waals surface area contributed by atoms with E-state index in [-0.39, 0.29) is 5.84 Å². The largest absolute Gasteiger partial charge is 0.490 e. The lowest BCUT2D eigenvalue weighted by atomic mass is 10.0. The maximum atomic E-state index is 13.3. The molecule has 10 nitrogen and oxygen atoms in total. The summed E-state index contributed by atoms with van der Waals surface area (Å²) in [4.78, 5) is 25.9. The molecule has 0 radical (unpaired) electrons. The molecule has 2 amide bonds. The fraction of sp³-hybridized carbons (Fsp3) is 0.250. The van der Waals surface area contributed by atoms with Gasteiger partial charge >= 0.3 is 0 Å². The molecule has 2 aromatic carbocycles. The minimum atomic E-state index is -0.931. The van der Waals surface area contributed by atoms with Crippen molar-refractivity contribution in [2.75, 3.05) is 32.2 Å². The third-order valence-electron chi connectivity index (χ3n) is 5.12. The molecule has 0 heterocycles. The Hall–Kier alpha value is -4.57. The smallest absolute Gasteiger partial charge is 0.269 e. The van der Waals surface area contributed by atoms with Crippen molar-refractivity contribution in [3.8, 4) is 11.5 Å². The lowest BCUT2D eigenvalue weighted by Crippen LogP contribution is -2.45. The monoisotopic (exact) mass is 521 g/mol. The summed E-state index contributed by atoms with van der Waals surface area (Å²) < 4.78 is 16.5. The van der Waals surface area contributed by atoms with Crippen molar-refractivity contribution in [2.45, 2.75) is 19.9 Å². The van der Waals surface area contributed by atoms with E-state index < -0.39 is 17.9 Å². The zero-order chi connectivity index (χ0) is 27.9. The zero-order valence-electron chi connectivity index (χ0n) is 21.9. The van der Waals surface area contributed by atoms with Gasteiger partial charge in [0.2, 0.25) is 0 Å². The SMILES string of the molecule is C=C/C=C(\C=C/C)C(=O)NNC(=O)C(Nc1ccc(C(=N)N)cc1)c1ccc(OCCOC)c(OCC)c1. The van der Waals surface area contributed by atoms with Gasteiger partial charge in [0.05, 0.1) is 13.2 Å². The van der Waals surface area contributed by atoms with Gasteiger partial charge in [0.1, 0.15) is 18.5 Å². The lowest BCUT2D eigenvalue weighted by molar-refractivity contribution is -0.127. The van der Waals surface area contributed by atoms with Crippen molar-refractivity contribution in [3.63, 3.8) is 0 Å². The maximum absolute atomic E-state index is 13.3. The number of nitrogen functional groups attached to an aromatic ring is 1. The molecule has 10 heteroatoms. The maximum Gasteiger partial charge on any atom is 0.269 e. The first-order chi connectivity index (χ1) is 18.3. The first-order valence-corrected chi connectivity index (χ1v) is 12.0. The van der Waals surface area contributed by atoms with Gasteiger partial charge in [-0.25, -0.2) is 0 Å². The summed E-state index contributed by atoms with van der Waals surface area (Å²) in [6, 6.07) is 11.0. The molecule has 0 aliphatic rings. The highest BCUT2D eigenvalue weighted by atomic mass is 16.5. The Bertz CT molecular complexity index is 1170. The highest BCUT2D eigenvalue weighted by Crippen LogP contribution is 2.32. The minimum Gasteiger partial charge on any atom is -0.490 e. The number of nitrogens with two attached hydrogens (primary N) is 1. The Kier molecular flexibility index (Phi) is 12.1. The number of carbonyl (C=O) groups excluding carboxylic acids is 2. The first-order valence-electron chi connectivity index (χ1n) is 12.0. The van der Waals surface area contributed by atoms with Crippen molar-refractivity contribution in [1.82, 2.24) is 10.9 Å². The third kappa shape index (κ3) is 8.82. The number of carbonyl (C=O) groups is 2. The zero-order valence-corrected chi connectivity index (χ0v) is 21.9. The average Bonchev–Trinajstić information content (AvgIpc) is 2.91. The number of hydrogen-bond acceptors (Lipinski definition) is 7. The average molecular weight is 522 g/mol. The highest BCUT2D eigenvalue weighted by Gasteiger charge is 2.23. The topological polar surface area (TPSA) is 148 Å². The first kappa shape index (κ1) is 29.7. The number of methoxy groups -OCH3 is 1. The molecule has 0 aliphatic heterocycles. The number of ether oxygens (including phenoxy) is 3. The molecule has 2 aromatic rings. The van der Waals surface area contributed by atoms with Crippen LogP contribution in [-0.2, 0) is 14.3 Å². The van der Waals surface area contributed by atoms with Crippen LogP contribution in [0.4, 0.5) is 5.69 Å². The summed E-state index contributed by atoms with van der Waals surface area (Å²) in [5, 5.41) is 10.8. The van der Waals surface area contributed by atoms with E-state index in [1.165, 1.54) is 12.2 Å². The number of hydrogen-bond donors (Lipinski definition) is 5. The summed E-state index contributed by atoms with van der Waals surface area (Å²) in [5.74, 6) is -0.123. The van der Waals surface area contributed by atoms with Gasteiger partial charge < -0.3 is 25.3 Å². The van der Waals surface area contributed by atoms with Crippen LogP contribution in [0.3, 0.4) is 0 Å². The number of rotatable bonds is 14. The van der Waals surface area contributed by atoms with Crippen LogP contribution in [0.1, 0.15) is 31.0 Å². The van der Waals surface area contributed by atoms with E-state index in [9.17, 15) is 9.59 Å². The number of amidine groups is 1. The van der Waals surface area contributed by atoms with Crippen LogP contribution in [0.15, 0.2) is 78.9 Å². The molecule has 1 atom stereocenters. The summed E-state index contributed by atoms with van der Waals surface area (Å²) in [7, 11) is 1.58. The number of hydrazine groups is 1. The predicted molar refractivity (Wildman–Crippen MR) is 148 cm³/mol. The van der Waals surface area contributed by atoms with Crippen LogP contribution in [0.2, 0.25) is 0 Å². The molecule has 0 spiro atoms. The van der Waals surface area contributed by atoms with E-state index >= 15 is 0 Å². The molecule has 6 N–H and O–H groups in total. The second-order valence-corrected chi connectivity index (χ2v) is 7.85. The van der Waals surface area contributed by atoms with Crippen LogP contribution in [-0.4, -0.2) is 44.6 Å². The van der Waals surface area contributed by atoms with Crippen molar-refractivity contribution >= 4 is 23.3 Å². The van der Waals surface area contributed by atoms with Crippen LogP contribution in [0.5, 0.6) is 11.5 Å². The number of amides is 2. The fourth-order valence-corrected chi connectivity index (χ4v) is 3.32. The standard InChI is InChI=1S/C28H35N5O5/c1-5-8-20(9-6-2)27(34)32-33-28(35)25(31-22-13-10-19(11-14-22)26(29)30)21-12-15-23(38-17-16-36-4)24(18-21)37-7-3/h5-6,8-15,18,25,31H,1,7,16-17H2,2-4H3,(H3,29,30)(H,32,34)(H,33,35)/b9-6-,20-8+. The molecule has 0 saturated heterocycles. The van der Waals surface area contributed by atoms with Crippen molar-refractivity contribution < 1.29 is 23.8 Å². The second kappa shape index (κ2) is 15.5. The van der Waals surface area contributed by atoms with Crippen molar-refractivity contribution in [3.05, 3.63) is 90.0 Å². The molecule has 0 aromatic heterocycles. The highest BCUT2D eigenvalue weighted by molar-refractivity contribution is 5.98. The lowest BCUT2D eigenvalue weighted by Gasteiger charge is -2.22. The van der Waals surface area contributed by atoms with Crippen molar-refractivity contribution in [2.24, 2.45) is 5.73 Å². The molecular formula is C28H35N5O5. The minimum absolute atomic E-state index is 0.0662. The number of nitrogens with one attached hydrogen (secondary N) is 4. The van der Waals surface area contributed by atoms with Gasteiger partial charge in [-0.15, -0.1) is 0 Å². The Labute approximate surface area is 223 Å². The van der Waals surface area contributed by atoms with Crippen LogP contribution >= 0.6 is 0 Å². The molecule has 0 aliphatic carbocycles. The van der Waals surface area contributed by atoms with E-state index in [1.54, 1.807) is 68.7 Å². The summed E-state index contributed by atoms with van der Waals surface area (Å²) in [6.07, 6.45) is 6.32. The molecular weight excluding hydrogens is 486 g/mol. The molecule has 0 fully saturated rings. The van der Waals surface area contributed by atoms with Gasteiger partial charge in [-0.1, -0.05) is 30.9 Å². The summed E-state index contributed by atoms with van der Waals surface area (Å²) >= 11 is 0. The van der Waals surface area contributed by atoms with E-state index in [4.69, 9.17) is 25.4 Å². The van der Waals surface area contributed by atoms with Gasteiger partial charge in [0.15, 0.2) is 11.5 Å². The molecule has 38 heavy (non-hydrogen) atoms. The Morgan fingerprint density at radius 3 is 2.42 bits per heavy atom. The molecule has 2 rings (SSSR count). The van der Waals surface area contributed by atoms with E-state index in [2.05, 4.69) is 22.7 Å². The van der Waals surface area contributed by atoms with Gasteiger partial charge in [-0.2, -0.15) is 0 Å². The Morgan fingerprint density at radius 2 is 1.82 bits per heavy atom. The molecule has 0 saturated carbocycles. The summed E-state index contributed by atoms with van der Waals surface area (Å²) in [5.41, 5.74) is 12.5. The fourth-order valence-electron chi connectivity index (χ4n) is 3.32. The van der Waals surface area contributed by atoms with Gasteiger partial charge in [0, 0.05) is 23.9 Å². The second-order valence-electron chi connectivity index (χ2n) is 7.85. The van der Waals surface area contributed by atoms with E-state index in [0.717, 1.165) is 0 Å². The van der Waals surface area contributed by atoms with Gasteiger partial charge in [0.25, 0.3) is 11.8 Å². The van der Waals surface area contributed by atoms with Crippen LogP contribution < -0.4 is 31.4 Å².